The van der Waals surface area contributed by atoms with Gasteiger partial charge in [-0.25, -0.2) is 0 Å². The van der Waals surface area contributed by atoms with Gasteiger partial charge in [0, 0.05) is 13.1 Å². The number of rotatable bonds is 3. The highest BCUT2D eigenvalue weighted by Crippen LogP contribution is 2.21. The maximum atomic E-state index is 9.42. The third kappa shape index (κ3) is 2.99. The van der Waals surface area contributed by atoms with Gasteiger partial charge in [-0.15, -0.1) is 0 Å². The van der Waals surface area contributed by atoms with Crippen molar-refractivity contribution in [3.63, 3.8) is 0 Å². The molecule has 0 aliphatic carbocycles. The van der Waals surface area contributed by atoms with Crippen molar-refractivity contribution in [2.45, 2.75) is 32.7 Å². The van der Waals surface area contributed by atoms with Gasteiger partial charge in [0.05, 0.1) is 0 Å². The summed E-state index contributed by atoms with van der Waals surface area (Å²) in [7, 11) is 0. The zero-order valence-corrected chi connectivity index (χ0v) is 10.0. The lowest BCUT2D eigenvalue weighted by molar-refractivity contribution is 0.164. The smallest absolute Gasteiger partial charge is 0.115 e. The largest absolute Gasteiger partial charge is 0.508 e. The van der Waals surface area contributed by atoms with Crippen molar-refractivity contribution >= 4 is 0 Å². The normalized spacial score (nSPS) is 22.2. The Balaban J connectivity index is 1.94. The molecule has 0 spiro atoms. The first-order valence-corrected chi connectivity index (χ1v) is 6.28. The second kappa shape index (κ2) is 5.35. The Kier molecular flexibility index (Phi) is 3.83. The van der Waals surface area contributed by atoms with E-state index in [0.29, 0.717) is 5.75 Å². The molecule has 0 amide bonds. The Bertz CT molecular complexity index is 337. The molecular formula is C14H21NO. The topological polar surface area (TPSA) is 23.5 Å². The molecule has 0 radical (unpaired) electrons. The lowest BCUT2D eigenvalue weighted by Crippen LogP contribution is -2.34. The summed E-state index contributed by atoms with van der Waals surface area (Å²) in [6.45, 7) is 5.67. The van der Waals surface area contributed by atoms with Crippen LogP contribution >= 0.6 is 0 Å². The SMILES string of the molecule is CCC1CCCN(Cc2cccc(O)c2)C1. The molecule has 1 aliphatic rings. The molecule has 0 bridgehead atoms. The van der Waals surface area contributed by atoms with Crippen molar-refractivity contribution in [1.29, 1.82) is 0 Å². The highest BCUT2D eigenvalue weighted by molar-refractivity contribution is 5.27. The van der Waals surface area contributed by atoms with Crippen LogP contribution < -0.4 is 0 Å². The fourth-order valence-corrected chi connectivity index (χ4v) is 2.54. The molecule has 1 N–H and O–H groups in total. The molecule has 1 aromatic carbocycles. The van der Waals surface area contributed by atoms with Crippen LogP contribution in [0.2, 0.25) is 0 Å². The maximum Gasteiger partial charge on any atom is 0.115 e. The standard InChI is InChI=1S/C14H21NO/c1-2-12-6-4-8-15(10-12)11-13-5-3-7-14(16)9-13/h3,5,7,9,12,16H,2,4,6,8,10-11H2,1H3. The van der Waals surface area contributed by atoms with Gasteiger partial charge < -0.3 is 5.11 Å². The Labute approximate surface area is 97.9 Å². The van der Waals surface area contributed by atoms with Crippen molar-refractivity contribution in [2.24, 2.45) is 5.92 Å². The Morgan fingerprint density at radius 2 is 2.31 bits per heavy atom. The van der Waals surface area contributed by atoms with E-state index in [0.717, 1.165) is 12.5 Å². The summed E-state index contributed by atoms with van der Waals surface area (Å²) in [5.41, 5.74) is 1.22. The quantitative estimate of drug-likeness (QED) is 0.844. The average molecular weight is 219 g/mol. The van der Waals surface area contributed by atoms with Gasteiger partial charge in [0.25, 0.3) is 0 Å². The molecule has 1 unspecified atom stereocenters. The van der Waals surface area contributed by atoms with E-state index < -0.39 is 0 Å². The summed E-state index contributed by atoms with van der Waals surface area (Å²) < 4.78 is 0. The Morgan fingerprint density at radius 3 is 3.06 bits per heavy atom. The Hall–Kier alpha value is -1.02. The van der Waals surface area contributed by atoms with E-state index >= 15 is 0 Å². The number of nitrogens with zero attached hydrogens (tertiary/aromatic N) is 1. The van der Waals surface area contributed by atoms with Gasteiger partial charge in [-0.1, -0.05) is 25.5 Å². The summed E-state index contributed by atoms with van der Waals surface area (Å²) in [6.07, 6.45) is 3.99. The minimum atomic E-state index is 0.376. The predicted octanol–water partition coefficient (Wildman–Crippen LogP) is 3.01. The van der Waals surface area contributed by atoms with Crippen LogP contribution in [-0.4, -0.2) is 23.1 Å². The lowest BCUT2D eigenvalue weighted by atomic mass is 9.95. The first-order valence-electron chi connectivity index (χ1n) is 6.28. The van der Waals surface area contributed by atoms with Crippen LogP contribution in [0.5, 0.6) is 5.75 Å². The van der Waals surface area contributed by atoms with Gasteiger partial charge in [0.1, 0.15) is 5.75 Å². The predicted molar refractivity (Wildman–Crippen MR) is 66.4 cm³/mol. The number of phenolic OH excluding ortho intramolecular Hbond substituents is 1. The molecule has 16 heavy (non-hydrogen) atoms. The molecular weight excluding hydrogens is 198 g/mol. The summed E-state index contributed by atoms with van der Waals surface area (Å²) >= 11 is 0. The zero-order chi connectivity index (χ0) is 11.4. The molecule has 1 aromatic rings. The monoisotopic (exact) mass is 219 g/mol. The number of benzene rings is 1. The number of hydrogen-bond acceptors (Lipinski definition) is 2. The van der Waals surface area contributed by atoms with Crippen molar-refractivity contribution < 1.29 is 5.11 Å². The van der Waals surface area contributed by atoms with E-state index in [4.69, 9.17) is 0 Å². The molecule has 1 aliphatic heterocycles. The highest BCUT2D eigenvalue weighted by Gasteiger charge is 2.18. The minimum absolute atomic E-state index is 0.376. The van der Waals surface area contributed by atoms with E-state index in [9.17, 15) is 5.11 Å². The fourth-order valence-electron chi connectivity index (χ4n) is 2.54. The van der Waals surface area contributed by atoms with E-state index in [1.54, 1.807) is 6.07 Å². The van der Waals surface area contributed by atoms with Crippen LogP contribution in [0.3, 0.4) is 0 Å². The number of piperidine rings is 1. The molecule has 1 saturated heterocycles. The Morgan fingerprint density at radius 1 is 1.44 bits per heavy atom. The first-order chi connectivity index (χ1) is 7.78. The van der Waals surface area contributed by atoms with Crippen LogP contribution in [0, 0.1) is 5.92 Å². The molecule has 2 nitrogen and oxygen atoms in total. The summed E-state index contributed by atoms with van der Waals surface area (Å²) in [5, 5.41) is 9.42. The van der Waals surface area contributed by atoms with E-state index in [-0.39, 0.29) is 0 Å². The van der Waals surface area contributed by atoms with E-state index in [2.05, 4.69) is 17.9 Å². The van der Waals surface area contributed by atoms with Crippen LogP contribution in [0.1, 0.15) is 31.7 Å². The average Bonchev–Trinajstić information content (AvgIpc) is 2.29. The molecule has 88 valence electrons. The molecule has 2 heteroatoms. The second-order valence-electron chi connectivity index (χ2n) is 4.82. The highest BCUT2D eigenvalue weighted by atomic mass is 16.3. The molecule has 1 fully saturated rings. The second-order valence-corrected chi connectivity index (χ2v) is 4.82. The lowest BCUT2D eigenvalue weighted by Gasteiger charge is -2.32. The number of likely N-dealkylation sites (tertiary alicyclic amines) is 1. The third-order valence-corrected chi connectivity index (χ3v) is 3.50. The van der Waals surface area contributed by atoms with Gasteiger partial charge in [0.2, 0.25) is 0 Å². The van der Waals surface area contributed by atoms with Gasteiger partial charge in [-0.2, -0.15) is 0 Å². The number of phenols is 1. The van der Waals surface area contributed by atoms with Crippen molar-refractivity contribution in [2.75, 3.05) is 13.1 Å². The zero-order valence-electron chi connectivity index (χ0n) is 10.0. The van der Waals surface area contributed by atoms with Crippen LogP contribution in [0.4, 0.5) is 0 Å². The summed E-state index contributed by atoms with van der Waals surface area (Å²) in [5.74, 6) is 1.24. The van der Waals surface area contributed by atoms with Gasteiger partial charge in [0.15, 0.2) is 0 Å². The minimum Gasteiger partial charge on any atom is -0.508 e. The van der Waals surface area contributed by atoms with Crippen LogP contribution in [0.15, 0.2) is 24.3 Å². The van der Waals surface area contributed by atoms with Crippen molar-refractivity contribution in [3.05, 3.63) is 29.8 Å². The molecule has 2 rings (SSSR count). The first kappa shape index (κ1) is 11.5. The van der Waals surface area contributed by atoms with Crippen molar-refractivity contribution in [3.8, 4) is 5.75 Å². The number of aromatic hydroxyl groups is 1. The maximum absolute atomic E-state index is 9.42. The van der Waals surface area contributed by atoms with Gasteiger partial charge >= 0.3 is 0 Å². The summed E-state index contributed by atoms with van der Waals surface area (Å²) in [6, 6.07) is 7.62. The van der Waals surface area contributed by atoms with Crippen LogP contribution in [-0.2, 0) is 6.54 Å². The fraction of sp³-hybridized carbons (Fsp3) is 0.571. The molecule has 0 saturated carbocycles. The molecule has 0 aromatic heterocycles. The van der Waals surface area contributed by atoms with E-state index in [1.807, 2.05) is 12.1 Å². The number of hydrogen-bond donors (Lipinski definition) is 1. The van der Waals surface area contributed by atoms with Gasteiger partial charge in [-0.05, 0) is 43.0 Å². The summed E-state index contributed by atoms with van der Waals surface area (Å²) in [4.78, 5) is 2.51. The third-order valence-electron chi connectivity index (χ3n) is 3.50. The molecule has 1 atom stereocenters. The van der Waals surface area contributed by atoms with Gasteiger partial charge in [-0.3, -0.25) is 4.90 Å². The van der Waals surface area contributed by atoms with E-state index in [1.165, 1.54) is 37.9 Å². The van der Waals surface area contributed by atoms with Crippen LogP contribution in [0.25, 0.3) is 0 Å². The van der Waals surface area contributed by atoms with Crippen molar-refractivity contribution in [1.82, 2.24) is 4.90 Å². The molecule has 1 heterocycles.